The van der Waals surface area contributed by atoms with Crippen molar-refractivity contribution in [2.24, 2.45) is 0 Å². The quantitative estimate of drug-likeness (QED) is 0.577. The maximum atomic E-state index is 13.4. The molecule has 0 saturated carbocycles. The number of aromatic nitrogens is 1. The number of nitrogens with one attached hydrogen (secondary N) is 2. The van der Waals surface area contributed by atoms with E-state index in [-0.39, 0.29) is 17.7 Å². The van der Waals surface area contributed by atoms with E-state index in [0.29, 0.717) is 11.4 Å². The number of carbonyl (C=O) groups is 1. The van der Waals surface area contributed by atoms with Crippen molar-refractivity contribution in [1.29, 1.82) is 0 Å². The van der Waals surface area contributed by atoms with Gasteiger partial charge in [-0.05, 0) is 54.3 Å². The van der Waals surface area contributed by atoms with Crippen molar-refractivity contribution in [2.75, 3.05) is 10.6 Å². The first-order chi connectivity index (χ1) is 14.2. The molecule has 2 heterocycles. The fourth-order valence-corrected chi connectivity index (χ4v) is 4.36. The molecule has 5 rings (SSSR count). The van der Waals surface area contributed by atoms with E-state index in [9.17, 15) is 4.79 Å². The maximum absolute atomic E-state index is 13.4. The van der Waals surface area contributed by atoms with E-state index >= 15 is 0 Å². The summed E-state index contributed by atoms with van der Waals surface area (Å²) in [4.78, 5) is 17.9. The molecule has 0 unspecified atom stereocenters. The Kier molecular flexibility index (Phi) is 4.57. The third-order valence-corrected chi connectivity index (χ3v) is 5.89. The van der Waals surface area contributed by atoms with Gasteiger partial charge in [-0.1, -0.05) is 41.9 Å². The molecule has 144 valence electrons. The number of para-hydroxylation sites is 2. The molecule has 0 saturated heterocycles. The zero-order valence-electron chi connectivity index (χ0n) is 15.7. The summed E-state index contributed by atoms with van der Waals surface area (Å²) < 4.78 is 0. The average Bonchev–Trinajstić information content (AvgIpc) is 2.92. The molecule has 0 bridgehead atoms. The van der Waals surface area contributed by atoms with Crippen LogP contribution in [-0.4, -0.2) is 10.8 Å². The van der Waals surface area contributed by atoms with E-state index in [2.05, 4.69) is 15.6 Å². The lowest BCUT2D eigenvalue weighted by atomic mass is 9.79. The molecular weight excluding hydrogens is 382 g/mol. The minimum absolute atomic E-state index is 0.126. The standard InChI is InChI=1S/C24H20ClN3O/c25-17-10-8-15(9-11-17)16-13-21-23(22(29)14-16)24(20-7-3-4-12-26-20)28-19-6-2-1-5-18(19)27-21/h1-12,16,24,27-28H,13-14H2/t16-,24-/m0/s1. The summed E-state index contributed by atoms with van der Waals surface area (Å²) >= 11 is 6.05. The van der Waals surface area contributed by atoms with Crippen LogP contribution in [0.15, 0.2) is 84.2 Å². The first-order valence-electron chi connectivity index (χ1n) is 9.74. The summed E-state index contributed by atoms with van der Waals surface area (Å²) in [5.74, 6) is 0.273. The van der Waals surface area contributed by atoms with Crippen LogP contribution in [0, 0.1) is 0 Å². The molecule has 2 aliphatic rings. The number of halogens is 1. The summed E-state index contributed by atoms with van der Waals surface area (Å²) in [5.41, 5.74) is 5.67. The largest absolute Gasteiger partial charge is 0.371 e. The molecule has 2 N–H and O–H groups in total. The lowest BCUT2D eigenvalue weighted by Gasteiger charge is -2.29. The van der Waals surface area contributed by atoms with Crippen LogP contribution in [0.5, 0.6) is 0 Å². The Labute approximate surface area is 174 Å². The molecule has 0 radical (unpaired) electrons. The van der Waals surface area contributed by atoms with Crippen LogP contribution in [-0.2, 0) is 4.79 Å². The highest BCUT2D eigenvalue weighted by molar-refractivity contribution is 6.30. The first kappa shape index (κ1) is 18.0. The summed E-state index contributed by atoms with van der Waals surface area (Å²) in [5, 5.41) is 7.80. The van der Waals surface area contributed by atoms with Crippen molar-refractivity contribution in [2.45, 2.75) is 24.8 Å². The van der Waals surface area contributed by atoms with Gasteiger partial charge in [-0.3, -0.25) is 9.78 Å². The Balaban J connectivity index is 1.60. The normalized spacial score (nSPS) is 20.8. The van der Waals surface area contributed by atoms with E-state index in [1.54, 1.807) is 6.20 Å². The number of nitrogens with zero attached hydrogens (tertiary/aromatic N) is 1. The van der Waals surface area contributed by atoms with Crippen LogP contribution in [0.2, 0.25) is 5.02 Å². The van der Waals surface area contributed by atoms with Crippen LogP contribution < -0.4 is 10.6 Å². The van der Waals surface area contributed by atoms with E-state index < -0.39 is 0 Å². The molecule has 0 spiro atoms. The second kappa shape index (κ2) is 7.37. The Hall–Kier alpha value is -3.11. The number of Topliss-reactive ketones (excluding diaryl/α,β-unsaturated/α-hetero) is 1. The molecule has 0 amide bonds. The van der Waals surface area contributed by atoms with Gasteiger partial charge < -0.3 is 10.6 Å². The molecule has 29 heavy (non-hydrogen) atoms. The van der Waals surface area contributed by atoms with Crippen molar-refractivity contribution in [3.05, 3.63) is 100 Å². The molecule has 3 aromatic rings. The summed E-state index contributed by atoms with van der Waals surface area (Å²) in [6, 6.07) is 21.4. The highest BCUT2D eigenvalue weighted by Gasteiger charge is 2.36. The van der Waals surface area contributed by atoms with Crippen LogP contribution in [0.25, 0.3) is 0 Å². The van der Waals surface area contributed by atoms with Gasteiger partial charge in [0.05, 0.1) is 23.1 Å². The Morgan fingerprint density at radius 1 is 0.897 bits per heavy atom. The van der Waals surface area contributed by atoms with Crippen molar-refractivity contribution >= 4 is 28.8 Å². The van der Waals surface area contributed by atoms with Gasteiger partial charge in [0.25, 0.3) is 0 Å². The van der Waals surface area contributed by atoms with Gasteiger partial charge in [0.15, 0.2) is 5.78 Å². The van der Waals surface area contributed by atoms with Gasteiger partial charge in [-0.15, -0.1) is 0 Å². The Bertz CT molecular complexity index is 1090. The first-order valence-corrected chi connectivity index (χ1v) is 10.1. The molecule has 2 atom stereocenters. The summed E-state index contributed by atoms with van der Waals surface area (Å²) in [6.45, 7) is 0. The molecule has 5 heteroatoms. The fourth-order valence-electron chi connectivity index (χ4n) is 4.23. The number of ketones is 1. The Morgan fingerprint density at radius 3 is 2.41 bits per heavy atom. The monoisotopic (exact) mass is 401 g/mol. The molecule has 1 aliphatic heterocycles. The number of carbonyl (C=O) groups excluding carboxylic acids is 1. The minimum Gasteiger partial charge on any atom is -0.371 e. The summed E-state index contributed by atoms with van der Waals surface area (Å²) in [6.07, 6.45) is 3.01. The zero-order valence-corrected chi connectivity index (χ0v) is 16.5. The topological polar surface area (TPSA) is 54.0 Å². The lowest BCUT2D eigenvalue weighted by molar-refractivity contribution is -0.116. The van der Waals surface area contributed by atoms with Gasteiger partial charge in [0.1, 0.15) is 0 Å². The number of pyridine rings is 1. The number of benzene rings is 2. The van der Waals surface area contributed by atoms with Crippen molar-refractivity contribution in [3.63, 3.8) is 0 Å². The predicted octanol–water partition coefficient (Wildman–Crippen LogP) is 5.71. The number of hydrogen-bond acceptors (Lipinski definition) is 4. The molecular formula is C24H20ClN3O. The highest BCUT2D eigenvalue weighted by atomic mass is 35.5. The summed E-state index contributed by atoms with van der Waals surface area (Å²) in [7, 11) is 0. The van der Waals surface area contributed by atoms with Crippen LogP contribution in [0.3, 0.4) is 0 Å². The molecule has 1 aromatic heterocycles. The SMILES string of the molecule is O=C1C[C@@H](c2ccc(Cl)cc2)CC2=C1[C@H](c1ccccn1)Nc1ccccc1N2. The Morgan fingerprint density at radius 2 is 1.66 bits per heavy atom. The predicted molar refractivity (Wildman–Crippen MR) is 116 cm³/mol. The molecule has 0 fully saturated rings. The number of hydrogen-bond donors (Lipinski definition) is 2. The van der Waals surface area contributed by atoms with Crippen LogP contribution >= 0.6 is 11.6 Å². The van der Waals surface area contributed by atoms with Gasteiger partial charge in [0.2, 0.25) is 0 Å². The number of allylic oxidation sites excluding steroid dienone is 1. The number of rotatable bonds is 2. The third kappa shape index (κ3) is 3.40. The van der Waals surface area contributed by atoms with E-state index in [1.807, 2.05) is 66.7 Å². The van der Waals surface area contributed by atoms with Crippen LogP contribution in [0.1, 0.15) is 36.1 Å². The van der Waals surface area contributed by atoms with Crippen molar-refractivity contribution < 1.29 is 4.79 Å². The smallest absolute Gasteiger partial charge is 0.163 e. The molecule has 4 nitrogen and oxygen atoms in total. The third-order valence-electron chi connectivity index (χ3n) is 5.63. The number of fused-ring (bicyclic) bond motifs is 1. The second-order valence-electron chi connectivity index (χ2n) is 7.47. The highest BCUT2D eigenvalue weighted by Crippen LogP contribution is 2.43. The van der Waals surface area contributed by atoms with E-state index in [0.717, 1.165) is 40.3 Å². The van der Waals surface area contributed by atoms with Crippen molar-refractivity contribution in [1.82, 2.24) is 4.98 Å². The van der Waals surface area contributed by atoms with Gasteiger partial charge >= 0.3 is 0 Å². The van der Waals surface area contributed by atoms with Gasteiger partial charge in [0, 0.05) is 28.9 Å². The minimum atomic E-state index is -0.277. The van der Waals surface area contributed by atoms with Gasteiger partial charge in [-0.2, -0.15) is 0 Å². The van der Waals surface area contributed by atoms with E-state index in [4.69, 9.17) is 11.6 Å². The molecule has 2 aromatic carbocycles. The fraction of sp³-hybridized carbons (Fsp3) is 0.167. The maximum Gasteiger partial charge on any atom is 0.163 e. The molecule has 1 aliphatic carbocycles. The second-order valence-corrected chi connectivity index (χ2v) is 7.91. The van der Waals surface area contributed by atoms with E-state index in [1.165, 1.54) is 0 Å². The van der Waals surface area contributed by atoms with Gasteiger partial charge in [-0.25, -0.2) is 0 Å². The zero-order chi connectivity index (χ0) is 19.8. The average molecular weight is 402 g/mol. The number of anilines is 2. The lowest BCUT2D eigenvalue weighted by Crippen LogP contribution is -2.27. The van der Waals surface area contributed by atoms with Crippen LogP contribution in [0.4, 0.5) is 11.4 Å². The van der Waals surface area contributed by atoms with Crippen molar-refractivity contribution in [3.8, 4) is 0 Å².